The van der Waals surface area contributed by atoms with Crippen molar-refractivity contribution in [3.05, 3.63) is 34.6 Å². The van der Waals surface area contributed by atoms with Gasteiger partial charge in [-0.15, -0.1) is 0 Å². The first-order valence-corrected chi connectivity index (χ1v) is 4.88. The number of benzene rings is 1. The summed E-state index contributed by atoms with van der Waals surface area (Å²) in [5, 5.41) is -0.0593. The molecule has 5 heteroatoms. The van der Waals surface area contributed by atoms with Gasteiger partial charge in [0.1, 0.15) is 17.5 Å². The van der Waals surface area contributed by atoms with E-state index in [-0.39, 0.29) is 10.6 Å². The van der Waals surface area contributed by atoms with Crippen molar-refractivity contribution in [2.45, 2.75) is 12.8 Å². The fourth-order valence-electron chi connectivity index (χ4n) is 1.35. The van der Waals surface area contributed by atoms with Gasteiger partial charge in [0.05, 0.1) is 12.1 Å². The SMILES string of the molecule is COC(=O)C(C(C)=O)c1ccc(Cl)c(F)c1. The van der Waals surface area contributed by atoms with E-state index in [0.29, 0.717) is 0 Å². The van der Waals surface area contributed by atoms with Gasteiger partial charge in [-0.2, -0.15) is 0 Å². The maximum absolute atomic E-state index is 13.2. The fourth-order valence-corrected chi connectivity index (χ4v) is 1.46. The first-order valence-electron chi connectivity index (χ1n) is 4.50. The molecule has 0 heterocycles. The highest BCUT2D eigenvalue weighted by Crippen LogP contribution is 2.23. The number of carbonyl (C=O) groups excluding carboxylic acids is 2. The third-order valence-electron chi connectivity index (χ3n) is 2.12. The number of esters is 1. The third-order valence-corrected chi connectivity index (χ3v) is 2.43. The zero-order chi connectivity index (χ0) is 12.3. The van der Waals surface area contributed by atoms with Crippen LogP contribution in [-0.4, -0.2) is 18.9 Å². The summed E-state index contributed by atoms with van der Waals surface area (Å²) in [5.74, 6) is -2.89. The van der Waals surface area contributed by atoms with Crippen LogP contribution in [0.25, 0.3) is 0 Å². The Kier molecular flexibility index (Phi) is 4.01. The fraction of sp³-hybridized carbons (Fsp3) is 0.273. The number of Topliss-reactive ketones (excluding diaryl/α,β-unsaturated/α-hetero) is 1. The molecule has 16 heavy (non-hydrogen) atoms. The molecule has 0 N–H and O–H groups in total. The molecule has 1 unspecified atom stereocenters. The highest BCUT2D eigenvalue weighted by molar-refractivity contribution is 6.30. The van der Waals surface area contributed by atoms with E-state index in [1.54, 1.807) is 0 Å². The van der Waals surface area contributed by atoms with Crippen LogP contribution in [-0.2, 0) is 14.3 Å². The van der Waals surface area contributed by atoms with Crippen molar-refractivity contribution in [3.63, 3.8) is 0 Å². The highest BCUT2D eigenvalue weighted by Gasteiger charge is 2.26. The Morgan fingerprint density at radius 3 is 2.50 bits per heavy atom. The van der Waals surface area contributed by atoms with E-state index >= 15 is 0 Å². The van der Waals surface area contributed by atoms with Crippen LogP contribution in [0.5, 0.6) is 0 Å². The number of hydrogen-bond donors (Lipinski definition) is 0. The second kappa shape index (κ2) is 5.07. The summed E-state index contributed by atoms with van der Waals surface area (Å²) in [6.45, 7) is 1.24. The van der Waals surface area contributed by atoms with E-state index in [0.717, 1.165) is 6.07 Å². The molecule has 3 nitrogen and oxygen atoms in total. The zero-order valence-corrected chi connectivity index (χ0v) is 9.55. The van der Waals surface area contributed by atoms with Gasteiger partial charge in [0.2, 0.25) is 0 Å². The molecule has 0 saturated heterocycles. The first kappa shape index (κ1) is 12.6. The minimum absolute atomic E-state index is 0.0593. The second-order valence-electron chi connectivity index (χ2n) is 3.24. The van der Waals surface area contributed by atoms with E-state index in [4.69, 9.17) is 11.6 Å². The lowest BCUT2D eigenvalue weighted by atomic mass is 9.95. The molecule has 0 radical (unpaired) electrons. The molecule has 0 aliphatic heterocycles. The number of rotatable bonds is 3. The number of halogens is 2. The van der Waals surface area contributed by atoms with Crippen LogP contribution in [0, 0.1) is 5.82 Å². The summed E-state index contributed by atoms with van der Waals surface area (Å²) in [7, 11) is 1.17. The lowest BCUT2D eigenvalue weighted by Gasteiger charge is -2.11. The van der Waals surface area contributed by atoms with Crippen molar-refractivity contribution in [1.29, 1.82) is 0 Å². The number of ether oxygens (including phenoxy) is 1. The number of methoxy groups -OCH3 is 1. The van der Waals surface area contributed by atoms with Crippen molar-refractivity contribution < 1.29 is 18.7 Å². The molecule has 0 spiro atoms. The number of carbonyl (C=O) groups is 2. The van der Waals surface area contributed by atoms with Gasteiger partial charge >= 0.3 is 5.97 Å². The van der Waals surface area contributed by atoms with Crippen molar-refractivity contribution >= 4 is 23.4 Å². The molecule has 0 aromatic heterocycles. The average Bonchev–Trinajstić information content (AvgIpc) is 2.22. The summed E-state index contributed by atoms with van der Waals surface area (Å²) in [4.78, 5) is 22.6. The van der Waals surface area contributed by atoms with Crippen molar-refractivity contribution in [2.75, 3.05) is 7.11 Å². The van der Waals surface area contributed by atoms with E-state index in [9.17, 15) is 14.0 Å². The van der Waals surface area contributed by atoms with Crippen LogP contribution in [0.15, 0.2) is 18.2 Å². The van der Waals surface area contributed by atoms with Gasteiger partial charge in [0, 0.05) is 0 Å². The van der Waals surface area contributed by atoms with Gasteiger partial charge in [-0.25, -0.2) is 4.39 Å². The average molecular weight is 245 g/mol. The lowest BCUT2D eigenvalue weighted by Crippen LogP contribution is -2.21. The van der Waals surface area contributed by atoms with E-state index in [1.807, 2.05) is 0 Å². The van der Waals surface area contributed by atoms with Gasteiger partial charge in [0.15, 0.2) is 0 Å². The number of hydrogen-bond acceptors (Lipinski definition) is 3. The Morgan fingerprint density at radius 1 is 1.44 bits per heavy atom. The summed E-state index contributed by atoms with van der Waals surface area (Å²) < 4.78 is 17.7. The van der Waals surface area contributed by atoms with Gasteiger partial charge in [-0.3, -0.25) is 9.59 Å². The molecule has 1 rings (SSSR count). The Hall–Kier alpha value is -1.42. The normalized spacial score (nSPS) is 12.0. The summed E-state index contributed by atoms with van der Waals surface area (Å²) >= 11 is 5.50. The predicted octanol–water partition coefficient (Wildman–Crippen LogP) is 2.32. The Balaban J connectivity index is 3.16. The van der Waals surface area contributed by atoms with E-state index < -0.39 is 23.5 Å². The maximum Gasteiger partial charge on any atom is 0.320 e. The summed E-state index contributed by atoms with van der Waals surface area (Å²) in [5.41, 5.74) is 0.237. The van der Waals surface area contributed by atoms with Crippen LogP contribution in [0.4, 0.5) is 4.39 Å². The van der Waals surface area contributed by atoms with Crippen LogP contribution in [0.3, 0.4) is 0 Å². The van der Waals surface area contributed by atoms with Crippen molar-refractivity contribution in [2.24, 2.45) is 0 Å². The molecule has 1 aromatic carbocycles. The van der Waals surface area contributed by atoms with Crippen LogP contribution >= 0.6 is 11.6 Å². The van der Waals surface area contributed by atoms with Gasteiger partial charge in [-0.05, 0) is 24.6 Å². The van der Waals surface area contributed by atoms with Crippen molar-refractivity contribution in [3.8, 4) is 0 Å². The molecular weight excluding hydrogens is 235 g/mol. The van der Waals surface area contributed by atoms with Gasteiger partial charge in [0.25, 0.3) is 0 Å². The molecular formula is C11H10ClFO3. The molecule has 1 atom stereocenters. The molecule has 0 bridgehead atoms. The highest BCUT2D eigenvalue weighted by atomic mass is 35.5. The zero-order valence-electron chi connectivity index (χ0n) is 8.79. The lowest BCUT2D eigenvalue weighted by molar-refractivity contribution is -0.145. The predicted molar refractivity (Wildman–Crippen MR) is 56.8 cm³/mol. The maximum atomic E-state index is 13.2. The smallest absolute Gasteiger partial charge is 0.320 e. The standard InChI is InChI=1S/C11H10ClFO3/c1-6(14)10(11(15)16-2)7-3-4-8(12)9(13)5-7/h3-5,10H,1-2H3. The Bertz CT molecular complexity index is 431. The molecule has 0 aliphatic rings. The van der Waals surface area contributed by atoms with E-state index in [1.165, 1.54) is 26.2 Å². The molecule has 1 aromatic rings. The van der Waals surface area contributed by atoms with Crippen LogP contribution in [0.2, 0.25) is 5.02 Å². The van der Waals surface area contributed by atoms with E-state index in [2.05, 4.69) is 4.74 Å². The Labute approximate surface area is 97.2 Å². The topological polar surface area (TPSA) is 43.4 Å². The number of ketones is 1. The van der Waals surface area contributed by atoms with Crippen LogP contribution in [0.1, 0.15) is 18.4 Å². The first-order chi connectivity index (χ1) is 7.47. The molecule has 0 aliphatic carbocycles. The summed E-state index contributed by atoms with van der Waals surface area (Å²) in [6.07, 6.45) is 0. The van der Waals surface area contributed by atoms with Crippen molar-refractivity contribution in [1.82, 2.24) is 0 Å². The molecule has 86 valence electrons. The second-order valence-corrected chi connectivity index (χ2v) is 3.65. The Morgan fingerprint density at radius 2 is 2.06 bits per heavy atom. The minimum Gasteiger partial charge on any atom is -0.468 e. The van der Waals surface area contributed by atoms with Gasteiger partial charge in [-0.1, -0.05) is 17.7 Å². The van der Waals surface area contributed by atoms with Crippen LogP contribution < -0.4 is 0 Å². The van der Waals surface area contributed by atoms with Gasteiger partial charge < -0.3 is 4.74 Å². The largest absolute Gasteiger partial charge is 0.468 e. The quantitative estimate of drug-likeness (QED) is 0.605. The molecule has 0 fully saturated rings. The monoisotopic (exact) mass is 244 g/mol. The molecule has 0 saturated carbocycles. The summed E-state index contributed by atoms with van der Waals surface area (Å²) in [6, 6.07) is 3.78. The molecule has 0 amide bonds. The third kappa shape index (κ3) is 2.58. The minimum atomic E-state index is -1.10.